The Hall–Kier alpha value is -4.00. The zero-order valence-electron chi connectivity index (χ0n) is 17.4. The number of nitrogens with one attached hydrogen (secondary N) is 1. The topological polar surface area (TPSA) is 89.5 Å². The van der Waals surface area contributed by atoms with Crippen LogP contribution in [-0.2, 0) is 11.2 Å². The predicted molar refractivity (Wildman–Crippen MR) is 122 cm³/mol. The van der Waals surface area contributed by atoms with E-state index in [1.165, 1.54) is 12.1 Å². The van der Waals surface area contributed by atoms with Gasteiger partial charge in [0.15, 0.2) is 0 Å². The van der Waals surface area contributed by atoms with Crippen LogP contribution in [0.3, 0.4) is 0 Å². The van der Waals surface area contributed by atoms with Gasteiger partial charge in [-0.05, 0) is 42.5 Å². The van der Waals surface area contributed by atoms with Gasteiger partial charge in [-0.3, -0.25) is 14.9 Å². The molecule has 4 aromatic rings. The molecule has 1 aliphatic rings. The molecule has 0 bridgehead atoms. The summed E-state index contributed by atoms with van der Waals surface area (Å²) in [5, 5.41) is 14.3. The maximum atomic E-state index is 12.4. The summed E-state index contributed by atoms with van der Waals surface area (Å²) in [6.07, 6.45) is 4.92. The standard InChI is InChI=1S/C25H22N4O3/c30-24(26-20-10-11-20)14-12-22-25(18-7-4-8-21(15-18)29(31)32)27-23-13-9-19(16-28(22)23)17-5-2-1-3-6-17/h1-9,13,15-16,20H,10-12,14H2,(H,26,30). The fourth-order valence-corrected chi connectivity index (χ4v) is 3.89. The van der Waals surface area contributed by atoms with Gasteiger partial charge in [0.25, 0.3) is 5.69 Å². The van der Waals surface area contributed by atoms with Crippen LogP contribution in [0, 0.1) is 10.1 Å². The van der Waals surface area contributed by atoms with Gasteiger partial charge in [0.1, 0.15) is 5.65 Å². The van der Waals surface area contributed by atoms with Crippen molar-refractivity contribution in [3.05, 3.63) is 88.7 Å². The first-order valence-electron chi connectivity index (χ1n) is 10.7. The molecule has 0 spiro atoms. The van der Waals surface area contributed by atoms with Crippen molar-refractivity contribution in [3.63, 3.8) is 0 Å². The van der Waals surface area contributed by atoms with Crippen LogP contribution in [0.1, 0.15) is 25.0 Å². The van der Waals surface area contributed by atoms with Gasteiger partial charge in [-0.15, -0.1) is 0 Å². The van der Waals surface area contributed by atoms with Crippen molar-refractivity contribution in [3.8, 4) is 22.4 Å². The molecule has 2 heterocycles. The average Bonchev–Trinajstić information content (AvgIpc) is 3.55. The van der Waals surface area contributed by atoms with Crippen LogP contribution in [0.4, 0.5) is 5.69 Å². The molecule has 2 aromatic carbocycles. The van der Waals surface area contributed by atoms with Gasteiger partial charge in [0.05, 0.1) is 16.3 Å². The molecule has 1 aliphatic carbocycles. The van der Waals surface area contributed by atoms with Crippen LogP contribution < -0.4 is 5.32 Å². The number of amides is 1. The Bertz CT molecular complexity index is 1310. The first kappa shape index (κ1) is 19.9. The van der Waals surface area contributed by atoms with Gasteiger partial charge in [-0.1, -0.05) is 42.5 Å². The Labute approximate surface area is 184 Å². The normalized spacial score (nSPS) is 13.2. The number of benzene rings is 2. The lowest BCUT2D eigenvalue weighted by Crippen LogP contribution is -2.25. The van der Waals surface area contributed by atoms with E-state index in [0.29, 0.717) is 30.1 Å². The molecular weight excluding hydrogens is 404 g/mol. The molecule has 0 unspecified atom stereocenters. The van der Waals surface area contributed by atoms with Crippen LogP contribution in [0.15, 0.2) is 72.9 Å². The maximum Gasteiger partial charge on any atom is 0.270 e. The second-order valence-corrected chi connectivity index (χ2v) is 8.07. The van der Waals surface area contributed by atoms with Gasteiger partial charge in [0.2, 0.25) is 5.91 Å². The minimum Gasteiger partial charge on any atom is -0.353 e. The van der Waals surface area contributed by atoms with E-state index in [-0.39, 0.29) is 11.6 Å². The van der Waals surface area contributed by atoms with Gasteiger partial charge in [-0.2, -0.15) is 0 Å². The minimum atomic E-state index is -0.407. The number of fused-ring (bicyclic) bond motifs is 1. The number of nitro benzene ring substituents is 1. The third-order valence-electron chi connectivity index (χ3n) is 5.69. The Morgan fingerprint density at radius 2 is 1.81 bits per heavy atom. The number of rotatable bonds is 7. The Kier molecular flexibility index (Phi) is 5.15. The van der Waals surface area contributed by atoms with Crippen LogP contribution in [0.25, 0.3) is 28.0 Å². The van der Waals surface area contributed by atoms with Crippen molar-refractivity contribution >= 4 is 17.2 Å². The third-order valence-corrected chi connectivity index (χ3v) is 5.69. The van der Waals surface area contributed by atoms with Crippen molar-refractivity contribution in [2.45, 2.75) is 31.7 Å². The van der Waals surface area contributed by atoms with E-state index in [2.05, 4.69) is 5.32 Å². The van der Waals surface area contributed by atoms with Crippen LogP contribution in [-0.4, -0.2) is 26.3 Å². The predicted octanol–water partition coefficient (Wildman–Crippen LogP) is 4.79. The molecule has 7 heteroatoms. The number of carbonyl (C=O) groups is 1. The van der Waals surface area contributed by atoms with Gasteiger partial charge < -0.3 is 9.72 Å². The number of carbonyl (C=O) groups excluding carboxylic acids is 1. The molecule has 1 amide bonds. The number of imidazole rings is 1. The second-order valence-electron chi connectivity index (χ2n) is 8.07. The molecular formula is C25H22N4O3. The Morgan fingerprint density at radius 1 is 1.03 bits per heavy atom. The van der Waals surface area contributed by atoms with E-state index in [1.54, 1.807) is 6.07 Å². The summed E-state index contributed by atoms with van der Waals surface area (Å²) < 4.78 is 2.00. The summed E-state index contributed by atoms with van der Waals surface area (Å²) >= 11 is 0. The van der Waals surface area contributed by atoms with Crippen molar-refractivity contribution in [2.24, 2.45) is 0 Å². The summed E-state index contributed by atoms with van der Waals surface area (Å²) in [4.78, 5) is 28.0. The molecule has 0 saturated heterocycles. The lowest BCUT2D eigenvalue weighted by Gasteiger charge is -2.08. The Morgan fingerprint density at radius 3 is 2.56 bits per heavy atom. The number of nitro groups is 1. The molecule has 1 fully saturated rings. The van der Waals surface area contributed by atoms with Crippen LogP contribution in [0.2, 0.25) is 0 Å². The van der Waals surface area contributed by atoms with E-state index in [1.807, 2.05) is 59.1 Å². The van der Waals surface area contributed by atoms with Crippen LogP contribution >= 0.6 is 0 Å². The zero-order chi connectivity index (χ0) is 22.1. The van der Waals surface area contributed by atoms with Crippen molar-refractivity contribution in [1.29, 1.82) is 0 Å². The SMILES string of the molecule is O=C(CCc1c(-c2cccc([N+](=O)[O-])c2)nc2ccc(-c3ccccc3)cn12)NC1CC1. The number of pyridine rings is 1. The van der Waals surface area contributed by atoms with Gasteiger partial charge in [0, 0.05) is 36.4 Å². The number of nitrogens with zero attached hydrogens (tertiary/aromatic N) is 3. The lowest BCUT2D eigenvalue weighted by atomic mass is 10.1. The molecule has 32 heavy (non-hydrogen) atoms. The molecule has 0 aliphatic heterocycles. The zero-order valence-corrected chi connectivity index (χ0v) is 17.4. The van der Waals surface area contributed by atoms with E-state index in [9.17, 15) is 14.9 Å². The highest BCUT2D eigenvalue weighted by Crippen LogP contribution is 2.30. The smallest absolute Gasteiger partial charge is 0.270 e. The highest BCUT2D eigenvalue weighted by atomic mass is 16.6. The number of non-ortho nitro benzene ring substituents is 1. The Balaban J connectivity index is 1.58. The fraction of sp³-hybridized carbons (Fsp3) is 0.200. The lowest BCUT2D eigenvalue weighted by molar-refractivity contribution is -0.384. The van der Waals surface area contributed by atoms with Gasteiger partial charge >= 0.3 is 0 Å². The number of hydrogen-bond acceptors (Lipinski definition) is 4. The summed E-state index contributed by atoms with van der Waals surface area (Å²) in [5.74, 6) is 0.0201. The first-order valence-corrected chi connectivity index (χ1v) is 10.7. The maximum absolute atomic E-state index is 12.4. The van der Waals surface area contributed by atoms with E-state index in [0.717, 1.165) is 35.3 Å². The summed E-state index contributed by atoms with van der Waals surface area (Å²) in [6, 6.07) is 20.8. The number of aromatic nitrogens is 2. The van der Waals surface area contributed by atoms with E-state index < -0.39 is 4.92 Å². The fourth-order valence-electron chi connectivity index (χ4n) is 3.89. The third kappa shape index (κ3) is 4.09. The summed E-state index contributed by atoms with van der Waals surface area (Å²) in [7, 11) is 0. The molecule has 2 aromatic heterocycles. The number of hydrogen-bond donors (Lipinski definition) is 1. The monoisotopic (exact) mass is 426 g/mol. The minimum absolute atomic E-state index is 0.0157. The van der Waals surface area contributed by atoms with E-state index >= 15 is 0 Å². The largest absolute Gasteiger partial charge is 0.353 e. The van der Waals surface area contributed by atoms with Crippen molar-refractivity contribution < 1.29 is 9.72 Å². The molecule has 7 nitrogen and oxygen atoms in total. The average molecular weight is 426 g/mol. The summed E-state index contributed by atoms with van der Waals surface area (Å²) in [6.45, 7) is 0. The quantitative estimate of drug-likeness (QED) is 0.340. The second kappa shape index (κ2) is 8.26. The molecule has 5 rings (SSSR count). The molecule has 0 radical (unpaired) electrons. The highest BCUT2D eigenvalue weighted by molar-refractivity contribution is 5.78. The van der Waals surface area contributed by atoms with E-state index in [4.69, 9.17) is 4.98 Å². The van der Waals surface area contributed by atoms with Crippen molar-refractivity contribution in [1.82, 2.24) is 14.7 Å². The number of aryl methyl sites for hydroxylation is 1. The van der Waals surface area contributed by atoms with Gasteiger partial charge in [-0.25, -0.2) is 4.98 Å². The molecule has 1 saturated carbocycles. The molecule has 1 N–H and O–H groups in total. The first-order chi connectivity index (χ1) is 15.6. The molecule has 160 valence electrons. The molecule has 0 atom stereocenters. The highest BCUT2D eigenvalue weighted by Gasteiger charge is 2.24. The summed E-state index contributed by atoms with van der Waals surface area (Å²) in [5.41, 5.74) is 5.07. The van der Waals surface area contributed by atoms with Crippen molar-refractivity contribution in [2.75, 3.05) is 0 Å². The van der Waals surface area contributed by atoms with Crippen LogP contribution in [0.5, 0.6) is 0 Å².